The zero-order chi connectivity index (χ0) is 10.4. The minimum Gasteiger partial charge on any atom is -0.328 e. The van der Waals surface area contributed by atoms with Crippen LogP contribution < -0.4 is 5.73 Å². The van der Waals surface area contributed by atoms with E-state index in [-0.39, 0.29) is 0 Å². The summed E-state index contributed by atoms with van der Waals surface area (Å²) in [5, 5.41) is 0. The molecule has 0 amide bonds. The molecule has 1 atom stereocenters. The Morgan fingerprint density at radius 2 is 2.07 bits per heavy atom. The van der Waals surface area contributed by atoms with E-state index in [1.165, 1.54) is 17.5 Å². The fraction of sp³-hybridized carbons (Fsp3) is 0.538. The molecule has 0 bridgehead atoms. The second kappa shape index (κ2) is 5.82. The van der Waals surface area contributed by atoms with E-state index in [1.807, 2.05) is 0 Å². The van der Waals surface area contributed by atoms with E-state index in [0.717, 1.165) is 19.3 Å². The molecule has 1 heteroatoms. The van der Waals surface area contributed by atoms with Gasteiger partial charge < -0.3 is 5.73 Å². The van der Waals surface area contributed by atoms with E-state index in [1.54, 1.807) is 0 Å². The minimum atomic E-state index is 0.375. The highest BCUT2D eigenvalue weighted by Gasteiger charge is 2.01. The number of rotatable bonds is 5. The van der Waals surface area contributed by atoms with Crippen LogP contribution >= 0.6 is 0 Å². The van der Waals surface area contributed by atoms with Crippen LogP contribution in [0.3, 0.4) is 0 Å². The molecule has 0 aromatic heterocycles. The first kappa shape index (κ1) is 11.3. The van der Waals surface area contributed by atoms with Crippen LogP contribution in [-0.4, -0.2) is 6.04 Å². The van der Waals surface area contributed by atoms with Gasteiger partial charge in [0.2, 0.25) is 0 Å². The topological polar surface area (TPSA) is 26.0 Å². The summed E-state index contributed by atoms with van der Waals surface area (Å²) >= 11 is 0. The summed E-state index contributed by atoms with van der Waals surface area (Å²) in [5.41, 5.74) is 8.72. The molecule has 1 aromatic carbocycles. The van der Waals surface area contributed by atoms with Crippen molar-refractivity contribution in [1.82, 2.24) is 0 Å². The monoisotopic (exact) mass is 191 g/mol. The Kier molecular flexibility index (Phi) is 4.68. The average Bonchev–Trinajstić information content (AvgIpc) is 2.15. The van der Waals surface area contributed by atoms with Crippen molar-refractivity contribution in [3.8, 4) is 0 Å². The normalized spacial score (nSPS) is 12.8. The fourth-order valence-electron chi connectivity index (χ4n) is 1.73. The van der Waals surface area contributed by atoms with Crippen LogP contribution in [0.5, 0.6) is 0 Å². The Labute approximate surface area is 87.3 Å². The molecular formula is C13H21N. The molecule has 1 unspecified atom stereocenters. The lowest BCUT2D eigenvalue weighted by molar-refractivity contribution is 0.561. The second-order valence-electron chi connectivity index (χ2n) is 4.08. The molecule has 0 radical (unpaired) electrons. The molecular weight excluding hydrogens is 170 g/mol. The summed E-state index contributed by atoms with van der Waals surface area (Å²) < 4.78 is 0. The zero-order valence-electron chi connectivity index (χ0n) is 9.29. The molecule has 0 aliphatic heterocycles. The van der Waals surface area contributed by atoms with Crippen molar-refractivity contribution >= 4 is 0 Å². The largest absolute Gasteiger partial charge is 0.328 e. The molecule has 0 aliphatic carbocycles. The van der Waals surface area contributed by atoms with Gasteiger partial charge >= 0.3 is 0 Å². The second-order valence-corrected chi connectivity index (χ2v) is 4.08. The molecule has 2 N–H and O–H groups in total. The molecule has 1 aromatic rings. The van der Waals surface area contributed by atoms with E-state index in [0.29, 0.717) is 6.04 Å². The van der Waals surface area contributed by atoms with Crippen LogP contribution in [0.1, 0.15) is 37.3 Å². The van der Waals surface area contributed by atoms with Gasteiger partial charge in [-0.3, -0.25) is 0 Å². The third-order valence-corrected chi connectivity index (χ3v) is 2.55. The molecule has 14 heavy (non-hydrogen) atoms. The average molecular weight is 191 g/mol. The van der Waals surface area contributed by atoms with Gasteiger partial charge in [-0.05, 0) is 31.7 Å². The molecule has 1 nitrogen and oxygen atoms in total. The molecule has 1 rings (SSSR count). The molecule has 0 spiro atoms. The van der Waals surface area contributed by atoms with Crippen molar-refractivity contribution in [1.29, 1.82) is 0 Å². The van der Waals surface area contributed by atoms with Crippen molar-refractivity contribution in [2.24, 2.45) is 5.73 Å². The maximum atomic E-state index is 5.97. The highest BCUT2D eigenvalue weighted by molar-refractivity contribution is 5.22. The maximum absolute atomic E-state index is 5.97. The Morgan fingerprint density at radius 1 is 1.29 bits per heavy atom. The lowest BCUT2D eigenvalue weighted by Gasteiger charge is -2.09. The summed E-state index contributed by atoms with van der Waals surface area (Å²) in [6.45, 7) is 4.32. The van der Waals surface area contributed by atoms with Crippen molar-refractivity contribution in [3.63, 3.8) is 0 Å². The number of hydrogen-bond donors (Lipinski definition) is 1. The number of nitrogens with two attached hydrogens (primary N) is 1. The molecule has 78 valence electrons. The van der Waals surface area contributed by atoms with Crippen LogP contribution in [0.2, 0.25) is 0 Å². The van der Waals surface area contributed by atoms with Gasteiger partial charge in [0, 0.05) is 6.04 Å². The van der Waals surface area contributed by atoms with Crippen LogP contribution in [0.15, 0.2) is 24.3 Å². The van der Waals surface area contributed by atoms with E-state index in [9.17, 15) is 0 Å². The van der Waals surface area contributed by atoms with Crippen LogP contribution in [0.25, 0.3) is 0 Å². The molecule has 0 saturated heterocycles. The summed E-state index contributed by atoms with van der Waals surface area (Å²) in [4.78, 5) is 0. The number of hydrogen-bond acceptors (Lipinski definition) is 1. The minimum absolute atomic E-state index is 0.375. The third-order valence-electron chi connectivity index (χ3n) is 2.55. The van der Waals surface area contributed by atoms with Crippen molar-refractivity contribution < 1.29 is 0 Å². The highest BCUT2D eigenvalue weighted by atomic mass is 14.6. The van der Waals surface area contributed by atoms with Crippen LogP contribution in [-0.2, 0) is 6.42 Å². The zero-order valence-corrected chi connectivity index (χ0v) is 9.29. The molecule has 0 heterocycles. The Hall–Kier alpha value is -0.820. The number of benzene rings is 1. The van der Waals surface area contributed by atoms with Gasteiger partial charge in [-0.1, -0.05) is 43.2 Å². The SMILES string of the molecule is CCCC(N)CCc1cccc(C)c1. The predicted molar refractivity (Wildman–Crippen MR) is 62.4 cm³/mol. The summed E-state index contributed by atoms with van der Waals surface area (Å²) in [6, 6.07) is 9.07. The standard InChI is InChI=1S/C13H21N/c1-3-5-13(14)9-8-12-7-4-6-11(2)10-12/h4,6-7,10,13H,3,5,8-9,14H2,1-2H3. The van der Waals surface area contributed by atoms with Gasteiger partial charge in [0.1, 0.15) is 0 Å². The van der Waals surface area contributed by atoms with E-state index in [4.69, 9.17) is 5.73 Å². The van der Waals surface area contributed by atoms with Gasteiger partial charge in [0.25, 0.3) is 0 Å². The molecule has 0 fully saturated rings. The summed E-state index contributed by atoms with van der Waals surface area (Å²) in [7, 11) is 0. The van der Waals surface area contributed by atoms with E-state index < -0.39 is 0 Å². The van der Waals surface area contributed by atoms with Gasteiger partial charge in [-0.15, -0.1) is 0 Å². The summed E-state index contributed by atoms with van der Waals surface area (Å²) in [6.07, 6.45) is 4.56. The van der Waals surface area contributed by atoms with E-state index in [2.05, 4.69) is 38.1 Å². The first-order chi connectivity index (χ1) is 6.72. The highest BCUT2D eigenvalue weighted by Crippen LogP contribution is 2.09. The van der Waals surface area contributed by atoms with Crippen LogP contribution in [0, 0.1) is 6.92 Å². The Balaban J connectivity index is 2.37. The van der Waals surface area contributed by atoms with Crippen molar-refractivity contribution in [2.45, 2.75) is 45.6 Å². The maximum Gasteiger partial charge on any atom is 0.00418 e. The van der Waals surface area contributed by atoms with E-state index >= 15 is 0 Å². The van der Waals surface area contributed by atoms with Gasteiger partial charge in [0.05, 0.1) is 0 Å². The lowest BCUT2D eigenvalue weighted by Crippen LogP contribution is -2.20. The Bertz CT molecular complexity index is 268. The third kappa shape index (κ3) is 3.93. The van der Waals surface area contributed by atoms with Gasteiger partial charge in [-0.25, -0.2) is 0 Å². The van der Waals surface area contributed by atoms with Crippen LogP contribution in [0.4, 0.5) is 0 Å². The predicted octanol–water partition coefficient (Wildman–Crippen LogP) is 3.06. The quantitative estimate of drug-likeness (QED) is 0.760. The molecule has 0 saturated carbocycles. The fourth-order valence-corrected chi connectivity index (χ4v) is 1.73. The number of aryl methyl sites for hydroxylation is 2. The molecule has 0 aliphatic rings. The summed E-state index contributed by atoms with van der Waals surface area (Å²) in [5.74, 6) is 0. The first-order valence-electron chi connectivity index (χ1n) is 5.53. The smallest absolute Gasteiger partial charge is 0.00418 e. The Morgan fingerprint density at radius 3 is 2.71 bits per heavy atom. The van der Waals surface area contributed by atoms with Gasteiger partial charge in [-0.2, -0.15) is 0 Å². The first-order valence-corrected chi connectivity index (χ1v) is 5.53. The lowest BCUT2D eigenvalue weighted by atomic mass is 10.0. The van der Waals surface area contributed by atoms with Crippen molar-refractivity contribution in [3.05, 3.63) is 35.4 Å². The van der Waals surface area contributed by atoms with Crippen molar-refractivity contribution in [2.75, 3.05) is 0 Å². The van der Waals surface area contributed by atoms with Gasteiger partial charge in [0.15, 0.2) is 0 Å².